The number of guanidine groups is 1. The van der Waals surface area contributed by atoms with Crippen LogP contribution in [-0.2, 0) is 11.3 Å². The largest absolute Gasteiger partial charge is 0.360 e. The number of nitrogens with one attached hydrogen (secondary N) is 3. The number of carbonyl (C=O) groups is 1. The lowest BCUT2D eigenvalue weighted by atomic mass is 10.1. The van der Waals surface area contributed by atoms with Crippen molar-refractivity contribution in [2.75, 3.05) is 31.6 Å². The maximum Gasteiger partial charge on any atom is 0.239 e. The number of rotatable bonds is 5. The molecule has 1 aliphatic heterocycles. The number of benzene rings is 2. The molecule has 7 heteroatoms. The fourth-order valence-corrected chi connectivity index (χ4v) is 3.09. The van der Waals surface area contributed by atoms with Crippen molar-refractivity contribution in [1.82, 2.24) is 16.0 Å². The zero-order chi connectivity index (χ0) is 19.1. The van der Waals surface area contributed by atoms with Crippen molar-refractivity contribution in [3.63, 3.8) is 0 Å². The van der Waals surface area contributed by atoms with E-state index in [9.17, 15) is 4.79 Å². The van der Waals surface area contributed by atoms with E-state index in [-0.39, 0.29) is 35.9 Å². The molecule has 3 N–H and O–H groups in total. The van der Waals surface area contributed by atoms with Gasteiger partial charge in [0, 0.05) is 32.4 Å². The van der Waals surface area contributed by atoms with E-state index in [1.54, 1.807) is 7.05 Å². The van der Waals surface area contributed by atoms with Gasteiger partial charge in [-0.2, -0.15) is 0 Å². The molecule has 150 valence electrons. The minimum Gasteiger partial charge on any atom is -0.360 e. The van der Waals surface area contributed by atoms with Gasteiger partial charge in [0.05, 0.1) is 12.6 Å². The summed E-state index contributed by atoms with van der Waals surface area (Å²) in [5, 5.41) is 9.61. The quantitative estimate of drug-likeness (QED) is 0.341. The minimum absolute atomic E-state index is 0. The van der Waals surface area contributed by atoms with Gasteiger partial charge in [-0.1, -0.05) is 42.5 Å². The predicted octanol–water partition coefficient (Wildman–Crippen LogP) is 2.67. The number of amides is 1. The smallest absolute Gasteiger partial charge is 0.239 e. The number of carbonyl (C=O) groups excluding carboxylic acids is 1. The molecule has 0 radical (unpaired) electrons. The average Bonchev–Trinajstić information content (AvgIpc) is 2.72. The van der Waals surface area contributed by atoms with Crippen LogP contribution in [0.3, 0.4) is 0 Å². The number of hydrogen-bond donors (Lipinski definition) is 3. The van der Waals surface area contributed by atoms with Gasteiger partial charge in [0.1, 0.15) is 0 Å². The molecule has 2 aromatic rings. The number of halogens is 1. The summed E-state index contributed by atoms with van der Waals surface area (Å²) in [4.78, 5) is 17.9. The molecule has 2 aromatic carbocycles. The van der Waals surface area contributed by atoms with Crippen LogP contribution in [0.4, 0.5) is 5.69 Å². The Kier molecular flexibility index (Phi) is 8.56. The molecule has 0 spiro atoms. The van der Waals surface area contributed by atoms with Crippen LogP contribution in [0.15, 0.2) is 59.6 Å². The molecule has 0 saturated carbocycles. The second-order valence-corrected chi connectivity index (χ2v) is 6.64. The predicted molar refractivity (Wildman–Crippen MR) is 125 cm³/mol. The van der Waals surface area contributed by atoms with E-state index in [0.717, 1.165) is 23.8 Å². The summed E-state index contributed by atoms with van der Waals surface area (Å²) in [5.74, 6) is 0.845. The highest BCUT2D eigenvalue weighted by molar-refractivity contribution is 14.0. The second kappa shape index (κ2) is 10.9. The number of aliphatic imine (C=N–C) groups is 1. The van der Waals surface area contributed by atoms with Gasteiger partial charge >= 0.3 is 0 Å². The Morgan fingerprint density at radius 3 is 2.54 bits per heavy atom. The van der Waals surface area contributed by atoms with Crippen molar-refractivity contribution >= 4 is 41.5 Å². The molecule has 0 bridgehead atoms. The maximum absolute atomic E-state index is 11.5. The molecule has 28 heavy (non-hydrogen) atoms. The number of hydrogen-bond acceptors (Lipinski definition) is 3. The van der Waals surface area contributed by atoms with Gasteiger partial charge in [0.15, 0.2) is 5.96 Å². The fraction of sp³-hybridized carbons (Fsp3) is 0.333. The van der Waals surface area contributed by atoms with Crippen LogP contribution in [0.1, 0.15) is 24.1 Å². The standard InChI is InChI=1S/C21H27N5O.HI/c1-16(18-6-4-3-5-7-18)25-21(22-2)24-14-17-8-10-19(11-9-17)26-13-12-23-20(27)15-26;/h3-11,16H,12-15H2,1-2H3,(H,23,27)(H2,22,24,25);1H. The van der Waals surface area contributed by atoms with Gasteiger partial charge < -0.3 is 20.9 Å². The van der Waals surface area contributed by atoms with Crippen molar-refractivity contribution < 1.29 is 4.79 Å². The first-order chi connectivity index (χ1) is 13.2. The molecule has 1 heterocycles. The second-order valence-electron chi connectivity index (χ2n) is 6.64. The maximum atomic E-state index is 11.5. The third-order valence-corrected chi connectivity index (χ3v) is 4.68. The lowest BCUT2D eigenvalue weighted by Crippen LogP contribution is -2.47. The third-order valence-electron chi connectivity index (χ3n) is 4.68. The molecular formula is C21H28IN5O. The molecule has 1 atom stereocenters. The van der Waals surface area contributed by atoms with E-state index < -0.39 is 0 Å². The van der Waals surface area contributed by atoms with Crippen LogP contribution in [0.5, 0.6) is 0 Å². The van der Waals surface area contributed by atoms with E-state index in [1.165, 1.54) is 5.56 Å². The fourth-order valence-electron chi connectivity index (χ4n) is 3.09. The molecule has 0 aromatic heterocycles. The zero-order valence-electron chi connectivity index (χ0n) is 16.3. The summed E-state index contributed by atoms with van der Waals surface area (Å²) in [6.45, 7) is 4.76. The molecule has 1 amide bonds. The molecule has 6 nitrogen and oxygen atoms in total. The van der Waals surface area contributed by atoms with Crippen molar-refractivity contribution in [2.45, 2.75) is 19.5 Å². The van der Waals surface area contributed by atoms with Crippen LogP contribution in [0.25, 0.3) is 0 Å². The van der Waals surface area contributed by atoms with E-state index >= 15 is 0 Å². The average molecular weight is 493 g/mol. The van der Waals surface area contributed by atoms with Crippen LogP contribution < -0.4 is 20.9 Å². The Bertz CT molecular complexity index is 779. The third kappa shape index (κ3) is 6.12. The molecule has 1 fully saturated rings. The Morgan fingerprint density at radius 1 is 1.18 bits per heavy atom. The van der Waals surface area contributed by atoms with Crippen LogP contribution >= 0.6 is 24.0 Å². The van der Waals surface area contributed by atoms with Gasteiger partial charge in [-0.15, -0.1) is 24.0 Å². The van der Waals surface area contributed by atoms with Crippen molar-refractivity contribution in [1.29, 1.82) is 0 Å². The van der Waals surface area contributed by atoms with Crippen LogP contribution in [0, 0.1) is 0 Å². The summed E-state index contributed by atoms with van der Waals surface area (Å²) in [6.07, 6.45) is 0. The summed E-state index contributed by atoms with van der Waals surface area (Å²) in [5.41, 5.74) is 3.46. The Labute approximate surface area is 183 Å². The van der Waals surface area contributed by atoms with E-state index in [1.807, 2.05) is 18.2 Å². The lowest BCUT2D eigenvalue weighted by molar-refractivity contribution is -0.120. The molecule has 1 aliphatic rings. The van der Waals surface area contributed by atoms with Gasteiger partial charge in [-0.05, 0) is 30.2 Å². The Balaban J connectivity index is 0.00000280. The van der Waals surface area contributed by atoms with Crippen molar-refractivity contribution in [2.24, 2.45) is 4.99 Å². The first-order valence-electron chi connectivity index (χ1n) is 9.28. The minimum atomic E-state index is 0. The van der Waals surface area contributed by atoms with E-state index in [0.29, 0.717) is 19.6 Å². The zero-order valence-corrected chi connectivity index (χ0v) is 18.6. The Hall–Kier alpha value is -2.29. The summed E-state index contributed by atoms with van der Waals surface area (Å²) in [6, 6.07) is 18.8. The SMILES string of the molecule is CN=C(NCc1ccc(N2CCNC(=O)C2)cc1)NC(C)c1ccccc1.I. The molecule has 3 rings (SSSR count). The number of piperazine rings is 1. The Morgan fingerprint density at radius 2 is 1.89 bits per heavy atom. The molecular weight excluding hydrogens is 465 g/mol. The van der Waals surface area contributed by atoms with E-state index in [4.69, 9.17) is 0 Å². The highest BCUT2D eigenvalue weighted by atomic mass is 127. The monoisotopic (exact) mass is 493 g/mol. The topological polar surface area (TPSA) is 68.8 Å². The van der Waals surface area contributed by atoms with Gasteiger partial charge in [-0.3, -0.25) is 9.79 Å². The van der Waals surface area contributed by atoms with E-state index in [2.05, 4.69) is 69.2 Å². The summed E-state index contributed by atoms with van der Waals surface area (Å²) in [7, 11) is 1.78. The normalized spacial score (nSPS) is 15.3. The van der Waals surface area contributed by atoms with Gasteiger partial charge in [-0.25, -0.2) is 0 Å². The number of anilines is 1. The first kappa shape index (κ1) is 22.0. The highest BCUT2D eigenvalue weighted by Gasteiger charge is 2.16. The number of nitrogens with zero attached hydrogens (tertiary/aromatic N) is 2. The van der Waals surface area contributed by atoms with Crippen LogP contribution in [-0.4, -0.2) is 38.5 Å². The first-order valence-corrected chi connectivity index (χ1v) is 9.28. The van der Waals surface area contributed by atoms with Crippen LogP contribution in [0.2, 0.25) is 0 Å². The summed E-state index contributed by atoms with van der Waals surface area (Å²) >= 11 is 0. The molecule has 1 unspecified atom stereocenters. The van der Waals surface area contributed by atoms with Gasteiger partial charge in [0.2, 0.25) is 5.91 Å². The molecule has 0 aliphatic carbocycles. The van der Waals surface area contributed by atoms with Crippen molar-refractivity contribution in [3.05, 3.63) is 65.7 Å². The van der Waals surface area contributed by atoms with Crippen molar-refractivity contribution in [3.8, 4) is 0 Å². The molecule has 1 saturated heterocycles. The highest BCUT2D eigenvalue weighted by Crippen LogP contribution is 2.16. The summed E-state index contributed by atoms with van der Waals surface area (Å²) < 4.78 is 0. The van der Waals surface area contributed by atoms with Gasteiger partial charge in [0.25, 0.3) is 0 Å². The lowest BCUT2D eigenvalue weighted by Gasteiger charge is -2.28.